The van der Waals surface area contributed by atoms with Crippen molar-refractivity contribution >= 4 is 43.3 Å². The highest BCUT2D eigenvalue weighted by molar-refractivity contribution is 9.10. The fraction of sp³-hybridized carbons (Fsp3) is 0.316. The van der Waals surface area contributed by atoms with Crippen LogP contribution in [-0.4, -0.2) is 43.4 Å². The number of nitrogens with zero attached hydrogens (tertiary/aromatic N) is 1. The summed E-state index contributed by atoms with van der Waals surface area (Å²) >= 11 is 9.49. The molecule has 1 atom stereocenters. The maximum absolute atomic E-state index is 12.9. The molecule has 27 heavy (non-hydrogen) atoms. The number of rotatable bonds is 6. The number of sulfone groups is 1. The molecule has 0 saturated carbocycles. The number of hydrogen-bond donors (Lipinski definition) is 0. The highest BCUT2D eigenvalue weighted by Crippen LogP contribution is 2.25. The Balaban J connectivity index is 1.76. The van der Waals surface area contributed by atoms with Crippen LogP contribution in [0.3, 0.4) is 0 Å². The van der Waals surface area contributed by atoms with E-state index in [-0.39, 0.29) is 30.1 Å². The number of carbonyl (C=O) groups excluding carboxylic acids is 1. The smallest absolute Gasteiger partial charge is 0.261 e. The number of ether oxygens (including phenoxy) is 1. The van der Waals surface area contributed by atoms with Gasteiger partial charge in [-0.15, -0.1) is 0 Å². The van der Waals surface area contributed by atoms with Crippen molar-refractivity contribution in [2.45, 2.75) is 19.0 Å². The first kappa shape index (κ1) is 20.2. The third-order valence-corrected chi connectivity index (χ3v) is 6.96. The van der Waals surface area contributed by atoms with Crippen molar-refractivity contribution in [3.05, 3.63) is 63.6 Å². The molecule has 144 valence electrons. The largest absolute Gasteiger partial charge is 0.482 e. The molecule has 0 spiro atoms. The van der Waals surface area contributed by atoms with Crippen LogP contribution in [0.25, 0.3) is 0 Å². The molecule has 1 aliphatic rings. The van der Waals surface area contributed by atoms with Gasteiger partial charge < -0.3 is 9.64 Å². The predicted molar refractivity (Wildman–Crippen MR) is 109 cm³/mol. The Labute approximate surface area is 172 Å². The third kappa shape index (κ3) is 5.46. The summed E-state index contributed by atoms with van der Waals surface area (Å²) < 4.78 is 30.3. The summed E-state index contributed by atoms with van der Waals surface area (Å²) in [5.74, 6) is 0.246. The molecular formula is C19H19BrClNO4S. The maximum Gasteiger partial charge on any atom is 0.261 e. The summed E-state index contributed by atoms with van der Waals surface area (Å²) in [5, 5.41) is 0.423. The second kappa shape index (κ2) is 8.63. The molecule has 1 unspecified atom stereocenters. The Morgan fingerprint density at radius 3 is 2.67 bits per heavy atom. The quantitative estimate of drug-likeness (QED) is 0.643. The molecule has 0 radical (unpaired) electrons. The van der Waals surface area contributed by atoms with Gasteiger partial charge in [0.2, 0.25) is 0 Å². The molecule has 1 saturated heterocycles. The van der Waals surface area contributed by atoms with Gasteiger partial charge in [-0.3, -0.25) is 4.79 Å². The first-order valence-corrected chi connectivity index (χ1v) is 11.4. The van der Waals surface area contributed by atoms with E-state index in [1.165, 1.54) is 0 Å². The zero-order chi connectivity index (χ0) is 19.4. The third-order valence-electron chi connectivity index (χ3n) is 4.40. The average molecular weight is 473 g/mol. The molecule has 3 rings (SSSR count). The van der Waals surface area contributed by atoms with E-state index in [9.17, 15) is 13.2 Å². The van der Waals surface area contributed by atoms with Crippen LogP contribution in [0.15, 0.2) is 53.0 Å². The highest BCUT2D eigenvalue weighted by Gasteiger charge is 2.34. The number of amides is 1. The molecule has 0 bridgehead atoms. The van der Waals surface area contributed by atoms with Crippen LogP contribution in [0.4, 0.5) is 0 Å². The molecule has 5 nitrogen and oxygen atoms in total. The standard InChI is InChI=1S/C19H19BrClNO4S/c20-15-5-3-4-14(10-15)11-22(16-8-9-27(24,25)13-16)19(23)12-26-18-7-2-1-6-17(18)21/h1-7,10,16H,8-9,11-13H2. The van der Waals surface area contributed by atoms with E-state index < -0.39 is 9.84 Å². The fourth-order valence-electron chi connectivity index (χ4n) is 3.06. The van der Waals surface area contributed by atoms with Gasteiger partial charge >= 0.3 is 0 Å². The summed E-state index contributed by atoms with van der Waals surface area (Å²) in [6.45, 7) is 0.124. The van der Waals surface area contributed by atoms with Gasteiger partial charge in [0.15, 0.2) is 16.4 Å². The molecule has 1 heterocycles. The molecule has 0 aliphatic carbocycles. The van der Waals surface area contributed by atoms with Crippen molar-refractivity contribution in [3.63, 3.8) is 0 Å². The summed E-state index contributed by atoms with van der Waals surface area (Å²) in [6, 6.07) is 14.2. The van der Waals surface area contributed by atoms with Gasteiger partial charge in [0.05, 0.1) is 16.5 Å². The van der Waals surface area contributed by atoms with Crippen molar-refractivity contribution in [1.29, 1.82) is 0 Å². The van der Waals surface area contributed by atoms with Gasteiger partial charge in [-0.2, -0.15) is 0 Å². The van der Waals surface area contributed by atoms with Crippen molar-refractivity contribution in [3.8, 4) is 5.75 Å². The first-order chi connectivity index (χ1) is 12.8. The molecule has 1 aliphatic heterocycles. The first-order valence-electron chi connectivity index (χ1n) is 8.46. The lowest BCUT2D eigenvalue weighted by atomic mass is 10.1. The van der Waals surface area contributed by atoms with Gasteiger partial charge in [-0.25, -0.2) is 8.42 Å². The predicted octanol–water partition coefficient (Wildman–Crippen LogP) is 3.70. The summed E-state index contributed by atoms with van der Waals surface area (Å²) in [5.41, 5.74) is 0.916. The summed E-state index contributed by atoms with van der Waals surface area (Å²) in [4.78, 5) is 14.5. The van der Waals surface area contributed by atoms with E-state index in [1.54, 1.807) is 29.2 Å². The zero-order valence-corrected chi connectivity index (χ0v) is 17.6. The number of carbonyl (C=O) groups is 1. The van der Waals surface area contributed by atoms with Gasteiger partial charge in [0.1, 0.15) is 5.75 Å². The summed E-state index contributed by atoms with van der Waals surface area (Å²) in [7, 11) is -3.11. The van der Waals surface area contributed by atoms with E-state index >= 15 is 0 Å². The molecule has 1 fully saturated rings. The van der Waals surface area contributed by atoms with Crippen LogP contribution in [0.5, 0.6) is 5.75 Å². The minimum absolute atomic E-state index is 0.0150. The Morgan fingerprint density at radius 1 is 1.22 bits per heavy atom. The lowest BCUT2D eigenvalue weighted by Crippen LogP contribution is -2.43. The molecule has 2 aromatic rings. The van der Waals surface area contributed by atoms with Gasteiger partial charge in [-0.05, 0) is 36.2 Å². The molecule has 1 amide bonds. The lowest BCUT2D eigenvalue weighted by Gasteiger charge is -2.28. The van der Waals surface area contributed by atoms with E-state index in [4.69, 9.17) is 16.3 Å². The van der Waals surface area contributed by atoms with Crippen LogP contribution in [-0.2, 0) is 21.2 Å². The topological polar surface area (TPSA) is 63.7 Å². The van der Waals surface area contributed by atoms with E-state index in [0.29, 0.717) is 23.7 Å². The van der Waals surface area contributed by atoms with E-state index in [1.807, 2.05) is 24.3 Å². The zero-order valence-electron chi connectivity index (χ0n) is 14.5. The second-order valence-corrected chi connectivity index (χ2v) is 9.98. The number of benzene rings is 2. The van der Waals surface area contributed by atoms with E-state index in [2.05, 4.69) is 15.9 Å². The Morgan fingerprint density at radius 2 is 2.00 bits per heavy atom. The SMILES string of the molecule is O=C(COc1ccccc1Cl)N(Cc1cccc(Br)c1)C1CCS(=O)(=O)C1. The van der Waals surface area contributed by atoms with Crippen molar-refractivity contribution in [1.82, 2.24) is 4.90 Å². The minimum Gasteiger partial charge on any atom is -0.482 e. The van der Waals surface area contributed by atoms with Crippen molar-refractivity contribution < 1.29 is 17.9 Å². The molecule has 2 aromatic carbocycles. The maximum atomic E-state index is 12.9. The molecule has 0 N–H and O–H groups in total. The minimum atomic E-state index is -3.11. The Bertz CT molecular complexity index is 935. The van der Waals surface area contributed by atoms with Crippen LogP contribution >= 0.6 is 27.5 Å². The molecule has 0 aromatic heterocycles. The second-order valence-electron chi connectivity index (χ2n) is 6.43. The monoisotopic (exact) mass is 471 g/mol. The summed E-state index contributed by atoms with van der Waals surface area (Å²) in [6.07, 6.45) is 0.439. The molecule has 8 heteroatoms. The van der Waals surface area contributed by atoms with Gasteiger partial charge in [0, 0.05) is 17.1 Å². The lowest BCUT2D eigenvalue weighted by molar-refractivity contribution is -0.136. The Hall–Kier alpha value is -1.57. The van der Waals surface area contributed by atoms with Crippen LogP contribution in [0.2, 0.25) is 5.02 Å². The van der Waals surface area contributed by atoms with E-state index in [0.717, 1.165) is 10.0 Å². The van der Waals surface area contributed by atoms with Crippen LogP contribution < -0.4 is 4.74 Å². The Kier molecular flexibility index (Phi) is 6.44. The van der Waals surface area contributed by atoms with Crippen molar-refractivity contribution in [2.24, 2.45) is 0 Å². The number of hydrogen-bond acceptors (Lipinski definition) is 4. The highest BCUT2D eigenvalue weighted by atomic mass is 79.9. The number of para-hydroxylation sites is 1. The molecular weight excluding hydrogens is 454 g/mol. The van der Waals surface area contributed by atoms with Gasteiger partial charge in [-0.1, -0.05) is 51.8 Å². The normalized spacial score (nSPS) is 18.2. The average Bonchev–Trinajstić information content (AvgIpc) is 2.98. The van der Waals surface area contributed by atoms with Crippen LogP contribution in [0, 0.1) is 0 Å². The van der Waals surface area contributed by atoms with Crippen LogP contribution in [0.1, 0.15) is 12.0 Å². The van der Waals surface area contributed by atoms with Crippen molar-refractivity contribution in [2.75, 3.05) is 18.1 Å². The van der Waals surface area contributed by atoms with Gasteiger partial charge in [0.25, 0.3) is 5.91 Å². The number of halogens is 2. The fourth-order valence-corrected chi connectivity index (χ4v) is 5.43.